The summed E-state index contributed by atoms with van der Waals surface area (Å²) in [6, 6.07) is -0.0926. The largest absolute Gasteiger partial charge is 0.382 e. The summed E-state index contributed by atoms with van der Waals surface area (Å²) in [4.78, 5) is 13.6. The van der Waals surface area contributed by atoms with Crippen molar-refractivity contribution in [1.82, 2.24) is 0 Å². The number of hydrogen-bond donors (Lipinski definition) is 0. The number of ether oxygens (including phenoxy) is 1. The minimum Gasteiger partial charge on any atom is -0.382 e. The van der Waals surface area contributed by atoms with Crippen molar-refractivity contribution < 1.29 is 9.53 Å². The molecule has 0 spiro atoms. The molecule has 0 radical (unpaired) electrons. The zero-order valence-corrected chi connectivity index (χ0v) is 7.55. The van der Waals surface area contributed by atoms with Gasteiger partial charge >= 0.3 is 0 Å². The first kappa shape index (κ1) is 10.3. The Morgan fingerprint density at radius 2 is 2.09 bits per heavy atom. The van der Waals surface area contributed by atoms with Gasteiger partial charge in [-0.2, -0.15) is 4.99 Å². The fraction of sp³-hybridized carbons (Fsp3) is 0.875. The van der Waals surface area contributed by atoms with Gasteiger partial charge in [-0.3, -0.25) is 0 Å². The molecule has 0 bridgehead atoms. The van der Waals surface area contributed by atoms with Gasteiger partial charge in [0.2, 0.25) is 6.08 Å². The molecule has 0 saturated heterocycles. The van der Waals surface area contributed by atoms with Crippen molar-refractivity contribution in [2.75, 3.05) is 13.7 Å². The first-order valence-corrected chi connectivity index (χ1v) is 3.58. The topological polar surface area (TPSA) is 38.7 Å². The third-order valence-corrected chi connectivity index (χ3v) is 1.53. The number of carbonyl (C=O) groups excluding carboxylic acids is 1. The molecule has 0 rings (SSSR count). The Morgan fingerprint density at radius 3 is 2.36 bits per heavy atom. The molecular formula is C8H15NO2. The normalized spacial score (nSPS) is 13.8. The van der Waals surface area contributed by atoms with Crippen LogP contribution in [0.5, 0.6) is 0 Å². The second-order valence-electron chi connectivity index (χ2n) is 3.56. The predicted octanol–water partition coefficient (Wildman–Crippen LogP) is 1.38. The van der Waals surface area contributed by atoms with E-state index in [2.05, 4.69) is 4.99 Å². The Hall–Kier alpha value is -0.660. The zero-order valence-electron chi connectivity index (χ0n) is 7.55. The molecule has 0 N–H and O–H groups in total. The molecule has 1 atom stereocenters. The molecule has 0 aromatic heterocycles. The van der Waals surface area contributed by atoms with Gasteiger partial charge in [-0.05, 0) is 5.41 Å². The van der Waals surface area contributed by atoms with Gasteiger partial charge in [-0.1, -0.05) is 20.8 Å². The van der Waals surface area contributed by atoms with Crippen LogP contribution in [0.25, 0.3) is 0 Å². The lowest BCUT2D eigenvalue weighted by molar-refractivity contribution is 0.136. The molecule has 0 saturated carbocycles. The molecule has 0 aliphatic rings. The fourth-order valence-corrected chi connectivity index (χ4v) is 0.702. The van der Waals surface area contributed by atoms with Gasteiger partial charge in [0.05, 0.1) is 12.6 Å². The van der Waals surface area contributed by atoms with E-state index in [1.54, 1.807) is 13.2 Å². The molecule has 3 heteroatoms. The molecule has 0 fully saturated rings. The average Bonchev–Trinajstić information content (AvgIpc) is 1.85. The summed E-state index contributed by atoms with van der Waals surface area (Å²) in [5.74, 6) is 0. The monoisotopic (exact) mass is 157 g/mol. The van der Waals surface area contributed by atoms with Crippen molar-refractivity contribution in [2.24, 2.45) is 10.4 Å². The van der Waals surface area contributed by atoms with Crippen LogP contribution in [0, 0.1) is 5.41 Å². The third-order valence-electron chi connectivity index (χ3n) is 1.53. The van der Waals surface area contributed by atoms with Crippen LogP contribution >= 0.6 is 0 Å². The van der Waals surface area contributed by atoms with Gasteiger partial charge in [0, 0.05) is 7.11 Å². The molecule has 0 amide bonds. The highest BCUT2D eigenvalue weighted by Gasteiger charge is 2.23. The second kappa shape index (κ2) is 4.27. The SMILES string of the molecule is COC[C@@H](N=C=O)C(C)(C)C. The molecule has 11 heavy (non-hydrogen) atoms. The van der Waals surface area contributed by atoms with E-state index in [0.717, 1.165) is 0 Å². The van der Waals surface area contributed by atoms with Gasteiger partial charge in [-0.15, -0.1) is 0 Å². The smallest absolute Gasteiger partial charge is 0.235 e. The average molecular weight is 157 g/mol. The summed E-state index contributed by atoms with van der Waals surface area (Å²) >= 11 is 0. The number of methoxy groups -OCH3 is 1. The van der Waals surface area contributed by atoms with E-state index in [1.165, 1.54) is 0 Å². The first-order chi connectivity index (χ1) is 5.02. The van der Waals surface area contributed by atoms with Crippen LogP contribution in [0.1, 0.15) is 20.8 Å². The van der Waals surface area contributed by atoms with E-state index in [0.29, 0.717) is 6.61 Å². The summed E-state index contributed by atoms with van der Waals surface area (Å²) < 4.78 is 4.91. The van der Waals surface area contributed by atoms with Crippen LogP contribution in [0.15, 0.2) is 4.99 Å². The number of rotatable bonds is 3. The van der Waals surface area contributed by atoms with Gasteiger partial charge in [-0.25, -0.2) is 4.79 Å². The van der Waals surface area contributed by atoms with Crippen molar-refractivity contribution in [3.05, 3.63) is 0 Å². The van der Waals surface area contributed by atoms with Crippen molar-refractivity contribution in [2.45, 2.75) is 26.8 Å². The highest BCUT2D eigenvalue weighted by atomic mass is 16.5. The van der Waals surface area contributed by atoms with E-state index in [-0.39, 0.29) is 11.5 Å². The van der Waals surface area contributed by atoms with E-state index in [9.17, 15) is 4.79 Å². The van der Waals surface area contributed by atoms with Crippen LogP contribution in [0.4, 0.5) is 0 Å². The van der Waals surface area contributed by atoms with Crippen molar-refractivity contribution >= 4 is 6.08 Å². The van der Waals surface area contributed by atoms with Crippen LogP contribution < -0.4 is 0 Å². The zero-order chi connectivity index (χ0) is 8.91. The van der Waals surface area contributed by atoms with Crippen molar-refractivity contribution in [3.8, 4) is 0 Å². The minimum atomic E-state index is -0.0926. The van der Waals surface area contributed by atoms with Gasteiger partial charge < -0.3 is 4.74 Å². The summed E-state index contributed by atoms with van der Waals surface area (Å²) in [5, 5.41) is 0. The molecule has 3 nitrogen and oxygen atoms in total. The molecular weight excluding hydrogens is 142 g/mol. The Balaban J connectivity index is 4.21. The standard InChI is InChI=1S/C8H15NO2/c1-8(2,3)7(5-11-4)9-6-10/h7H,5H2,1-4H3/t7-/m1/s1. The maximum Gasteiger partial charge on any atom is 0.235 e. The minimum absolute atomic E-state index is 0.0343. The van der Waals surface area contributed by atoms with Crippen LogP contribution in [0.2, 0.25) is 0 Å². The van der Waals surface area contributed by atoms with Crippen molar-refractivity contribution in [3.63, 3.8) is 0 Å². The van der Waals surface area contributed by atoms with Gasteiger partial charge in [0.1, 0.15) is 0 Å². The number of nitrogens with zero attached hydrogens (tertiary/aromatic N) is 1. The Bertz CT molecular complexity index is 154. The second-order valence-corrected chi connectivity index (χ2v) is 3.56. The number of isocyanates is 1. The molecule has 0 aliphatic heterocycles. The van der Waals surface area contributed by atoms with Gasteiger partial charge in [0.25, 0.3) is 0 Å². The lowest BCUT2D eigenvalue weighted by atomic mass is 9.88. The van der Waals surface area contributed by atoms with Crippen LogP contribution in [0.3, 0.4) is 0 Å². The summed E-state index contributed by atoms with van der Waals surface area (Å²) in [5.41, 5.74) is -0.0343. The highest BCUT2D eigenvalue weighted by molar-refractivity contribution is 5.33. The van der Waals surface area contributed by atoms with Gasteiger partial charge in [0.15, 0.2) is 0 Å². The third kappa shape index (κ3) is 3.91. The van der Waals surface area contributed by atoms with Crippen molar-refractivity contribution in [1.29, 1.82) is 0 Å². The van der Waals surface area contributed by atoms with E-state index in [1.807, 2.05) is 20.8 Å². The van der Waals surface area contributed by atoms with Crippen LogP contribution in [-0.4, -0.2) is 25.8 Å². The molecule has 64 valence electrons. The summed E-state index contributed by atoms with van der Waals surface area (Å²) in [6.45, 7) is 6.51. The van der Waals surface area contributed by atoms with E-state index in [4.69, 9.17) is 4.74 Å². The van der Waals surface area contributed by atoms with E-state index < -0.39 is 0 Å². The molecule has 0 aromatic rings. The Kier molecular flexibility index (Phi) is 4.01. The van der Waals surface area contributed by atoms with E-state index >= 15 is 0 Å². The lowest BCUT2D eigenvalue weighted by Gasteiger charge is -2.24. The summed E-state index contributed by atoms with van der Waals surface area (Å²) in [7, 11) is 1.60. The maximum atomic E-state index is 9.99. The Labute approximate surface area is 67.5 Å². The molecule has 0 aromatic carbocycles. The lowest BCUT2D eigenvalue weighted by Crippen LogP contribution is -2.28. The predicted molar refractivity (Wildman–Crippen MR) is 43.2 cm³/mol. The quantitative estimate of drug-likeness (QED) is 0.458. The number of hydrogen-bond acceptors (Lipinski definition) is 3. The fourth-order valence-electron chi connectivity index (χ4n) is 0.702. The maximum absolute atomic E-state index is 9.99. The summed E-state index contributed by atoms with van der Waals surface area (Å²) in [6.07, 6.45) is 1.55. The Morgan fingerprint density at radius 1 is 1.55 bits per heavy atom. The highest BCUT2D eigenvalue weighted by Crippen LogP contribution is 2.21. The molecule has 0 heterocycles. The van der Waals surface area contributed by atoms with Crippen LogP contribution in [-0.2, 0) is 9.53 Å². The first-order valence-electron chi connectivity index (χ1n) is 3.58. The number of aliphatic imine (C=N–C) groups is 1. The molecule has 0 unspecified atom stereocenters. The molecule has 0 aliphatic carbocycles.